The van der Waals surface area contributed by atoms with Gasteiger partial charge in [-0.1, -0.05) is 6.07 Å². The highest BCUT2D eigenvalue weighted by Crippen LogP contribution is 2.12. The molecule has 0 aliphatic rings. The molecular weight excluding hydrogens is 286 g/mol. The van der Waals surface area contributed by atoms with Gasteiger partial charge in [0.15, 0.2) is 0 Å². The number of hydrogen-bond acceptors (Lipinski definition) is 4. The van der Waals surface area contributed by atoms with Gasteiger partial charge < -0.3 is 10.6 Å². The van der Waals surface area contributed by atoms with E-state index in [2.05, 4.69) is 15.6 Å². The number of amides is 2. The Balaban J connectivity index is 1.89. The van der Waals surface area contributed by atoms with Gasteiger partial charge in [0.25, 0.3) is 5.91 Å². The lowest BCUT2D eigenvalue weighted by Gasteiger charge is -2.06. The molecule has 0 radical (unpaired) electrons. The second-order valence-electron chi connectivity index (χ2n) is 4.61. The minimum absolute atomic E-state index is 0.150. The van der Waals surface area contributed by atoms with Crippen LogP contribution < -0.4 is 10.6 Å². The predicted octanol–water partition coefficient (Wildman–Crippen LogP) is 2.38. The van der Waals surface area contributed by atoms with E-state index in [1.165, 1.54) is 6.92 Å². The van der Waals surface area contributed by atoms with Crippen molar-refractivity contribution in [1.29, 1.82) is 0 Å². The Morgan fingerprint density at radius 2 is 2.14 bits per heavy atom. The van der Waals surface area contributed by atoms with E-state index < -0.39 is 0 Å². The minimum Gasteiger partial charge on any atom is -0.352 e. The van der Waals surface area contributed by atoms with Crippen molar-refractivity contribution in [2.24, 2.45) is 0 Å². The molecule has 0 bridgehead atoms. The largest absolute Gasteiger partial charge is 0.352 e. The van der Waals surface area contributed by atoms with Crippen LogP contribution in [0.3, 0.4) is 0 Å². The molecule has 2 N–H and O–H groups in total. The molecule has 1 aromatic carbocycles. The van der Waals surface area contributed by atoms with Gasteiger partial charge in [0, 0.05) is 42.2 Å². The van der Waals surface area contributed by atoms with Gasteiger partial charge in [-0.05, 0) is 25.1 Å². The van der Waals surface area contributed by atoms with Gasteiger partial charge in [0.1, 0.15) is 0 Å². The van der Waals surface area contributed by atoms with Crippen LogP contribution in [0, 0.1) is 6.92 Å². The molecule has 2 amide bonds. The van der Waals surface area contributed by atoms with Gasteiger partial charge in [-0.3, -0.25) is 9.59 Å². The zero-order chi connectivity index (χ0) is 15.2. The fourth-order valence-corrected chi connectivity index (χ4v) is 2.66. The summed E-state index contributed by atoms with van der Waals surface area (Å²) < 4.78 is 0. The summed E-state index contributed by atoms with van der Waals surface area (Å²) in [6.07, 6.45) is 2.60. The molecule has 0 fully saturated rings. The molecule has 21 heavy (non-hydrogen) atoms. The first-order valence-electron chi connectivity index (χ1n) is 6.62. The van der Waals surface area contributed by atoms with E-state index in [0.717, 1.165) is 16.3 Å². The highest BCUT2D eigenvalue weighted by Gasteiger charge is 2.07. The number of benzene rings is 1. The molecule has 0 atom stereocenters. The van der Waals surface area contributed by atoms with Crippen LogP contribution in [0.2, 0.25) is 0 Å². The highest BCUT2D eigenvalue weighted by atomic mass is 32.1. The summed E-state index contributed by atoms with van der Waals surface area (Å²) in [7, 11) is 0. The maximum absolute atomic E-state index is 12.0. The van der Waals surface area contributed by atoms with E-state index in [-0.39, 0.29) is 11.8 Å². The van der Waals surface area contributed by atoms with Crippen LogP contribution in [0.1, 0.15) is 27.2 Å². The number of carbonyl (C=O) groups excluding carboxylic acids is 2. The monoisotopic (exact) mass is 303 g/mol. The van der Waals surface area contributed by atoms with Crippen LogP contribution in [0.4, 0.5) is 5.69 Å². The smallest absolute Gasteiger partial charge is 0.251 e. The molecule has 0 aliphatic heterocycles. The van der Waals surface area contributed by atoms with Crippen molar-refractivity contribution in [3.8, 4) is 0 Å². The van der Waals surface area contributed by atoms with E-state index in [1.807, 2.05) is 13.1 Å². The SMILES string of the molecule is CC(=O)Nc1cccc(C(=O)NCCc2cnc(C)s2)c1. The lowest BCUT2D eigenvalue weighted by atomic mass is 10.2. The lowest BCUT2D eigenvalue weighted by Crippen LogP contribution is -2.25. The number of nitrogens with zero attached hydrogens (tertiary/aromatic N) is 1. The molecule has 0 saturated heterocycles. The zero-order valence-electron chi connectivity index (χ0n) is 12.0. The molecule has 2 aromatic rings. The second-order valence-corrected chi connectivity index (χ2v) is 5.93. The summed E-state index contributed by atoms with van der Waals surface area (Å²) in [5.41, 5.74) is 1.15. The van der Waals surface area contributed by atoms with Crippen molar-refractivity contribution in [3.05, 3.63) is 45.9 Å². The topological polar surface area (TPSA) is 71.1 Å². The Morgan fingerprint density at radius 1 is 1.33 bits per heavy atom. The molecule has 0 unspecified atom stereocenters. The third-order valence-electron chi connectivity index (χ3n) is 2.77. The highest BCUT2D eigenvalue weighted by molar-refractivity contribution is 7.11. The first kappa shape index (κ1) is 15.2. The lowest BCUT2D eigenvalue weighted by molar-refractivity contribution is -0.114. The fraction of sp³-hybridized carbons (Fsp3) is 0.267. The fourth-order valence-electron chi connectivity index (χ4n) is 1.86. The maximum Gasteiger partial charge on any atom is 0.251 e. The number of nitrogens with one attached hydrogen (secondary N) is 2. The summed E-state index contributed by atoms with van der Waals surface area (Å²) in [6.45, 7) is 3.95. The summed E-state index contributed by atoms with van der Waals surface area (Å²) in [5.74, 6) is -0.309. The van der Waals surface area contributed by atoms with Crippen LogP contribution >= 0.6 is 11.3 Å². The minimum atomic E-state index is -0.159. The summed E-state index contributed by atoms with van der Waals surface area (Å²) in [6, 6.07) is 6.87. The molecular formula is C15H17N3O2S. The Kier molecular flexibility index (Phi) is 5.05. The number of carbonyl (C=O) groups is 2. The third kappa shape index (κ3) is 4.68. The zero-order valence-corrected chi connectivity index (χ0v) is 12.8. The molecule has 0 aliphatic carbocycles. The molecule has 1 aromatic heterocycles. The van der Waals surface area contributed by atoms with Crippen molar-refractivity contribution < 1.29 is 9.59 Å². The van der Waals surface area contributed by atoms with Crippen LogP contribution in [-0.4, -0.2) is 23.3 Å². The number of rotatable bonds is 5. The Labute approximate surface area is 127 Å². The van der Waals surface area contributed by atoms with Crippen LogP contribution in [-0.2, 0) is 11.2 Å². The molecule has 0 spiro atoms. The average Bonchev–Trinajstić information content (AvgIpc) is 2.84. The maximum atomic E-state index is 12.0. The van der Waals surface area contributed by atoms with Gasteiger partial charge in [0.2, 0.25) is 5.91 Å². The molecule has 6 heteroatoms. The third-order valence-corrected chi connectivity index (χ3v) is 3.74. The number of hydrogen-bond donors (Lipinski definition) is 2. The quantitative estimate of drug-likeness (QED) is 0.891. The predicted molar refractivity (Wildman–Crippen MR) is 83.6 cm³/mol. The van der Waals surface area contributed by atoms with Gasteiger partial charge in [-0.25, -0.2) is 4.98 Å². The molecule has 0 saturated carbocycles. The van der Waals surface area contributed by atoms with E-state index in [1.54, 1.807) is 35.6 Å². The van der Waals surface area contributed by atoms with E-state index in [0.29, 0.717) is 17.8 Å². The summed E-state index contributed by atoms with van der Waals surface area (Å²) in [4.78, 5) is 28.4. The number of aromatic nitrogens is 1. The molecule has 1 heterocycles. The van der Waals surface area contributed by atoms with Crippen molar-refractivity contribution in [1.82, 2.24) is 10.3 Å². The van der Waals surface area contributed by atoms with Gasteiger partial charge >= 0.3 is 0 Å². The number of anilines is 1. The number of thiazole rings is 1. The summed E-state index contributed by atoms with van der Waals surface area (Å²) in [5, 5.41) is 6.55. The average molecular weight is 303 g/mol. The van der Waals surface area contributed by atoms with Gasteiger partial charge in [0.05, 0.1) is 5.01 Å². The standard InChI is InChI=1S/C15H17N3O2S/c1-10(19)18-13-5-3-4-12(8-13)15(20)16-7-6-14-9-17-11(2)21-14/h3-5,8-9H,6-7H2,1-2H3,(H,16,20)(H,18,19). The summed E-state index contributed by atoms with van der Waals surface area (Å²) >= 11 is 1.63. The second kappa shape index (κ2) is 6.99. The first-order chi connectivity index (χ1) is 10.0. The van der Waals surface area contributed by atoms with Crippen LogP contribution in [0.5, 0.6) is 0 Å². The van der Waals surface area contributed by atoms with Crippen LogP contribution in [0.25, 0.3) is 0 Å². The van der Waals surface area contributed by atoms with Crippen molar-refractivity contribution in [3.63, 3.8) is 0 Å². The molecule has 110 valence electrons. The molecule has 5 nitrogen and oxygen atoms in total. The van der Waals surface area contributed by atoms with Crippen molar-refractivity contribution >= 4 is 28.8 Å². The van der Waals surface area contributed by atoms with E-state index >= 15 is 0 Å². The van der Waals surface area contributed by atoms with Crippen molar-refractivity contribution in [2.45, 2.75) is 20.3 Å². The Bertz CT molecular complexity index is 652. The molecule has 2 rings (SSSR count). The Hall–Kier alpha value is -2.21. The first-order valence-corrected chi connectivity index (χ1v) is 7.43. The van der Waals surface area contributed by atoms with Crippen molar-refractivity contribution in [2.75, 3.05) is 11.9 Å². The van der Waals surface area contributed by atoms with Gasteiger partial charge in [-0.15, -0.1) is 11.3 Å². The van der Waals surface area contributed by atoms with E-state index in [9.17, 15) is 9.59 Å². The Morgan fingerprint density at radius 3 is 2.81 bits per heavy atom. The number of aryl methyl sites for hydroxylation is 1. The van der Waals surface area contributed by atoms with E-state index in [4.69, 9.17) is 0 Å². The van der Waals surface area contributed by atoms with Gasteiger partial charge in [-0.2, -0.15) is 0 Å². The normalized spacial score (nSPS) is 10.2. The van der Waals surface area contributed by atoms with Crippen LogP contribution in [0.15, 0.2) is 30.5 Å².